The summed E-state index contributed by atoms with van der Waals surface area (Å²) in [6.45, 7) is 0.999. The first-order valence-corrected chi connectivity index (χ1v) is 10.3. The smallest absolute Gasteiger partial charge is 0.262 e. The first-order chi connectivity index (χ1) is 15.0. The SMILES string of the molecule is O=C1c2ccccc2C(=O)N1CN(CC1CCCO1)CN1C(=O)c2ccccc2C1=O. The minimum absolute atomic E-state index is 0.0282. The monoisotopic (exact) mass is 419 g/mol. The van der Waals surface area contributed by atoms with E-state index in [0.717, 1.165) is 22.6 Å². The van der Waals surface area contributed by atoms with Gasteiger partial charge >= 0.3 is 0 Å². The van der Waals surface area contributed by atoms with E-state index in [-0.39, 0.29) is 43.1 Å². The maximum atomic E-state index is 12.8. The van der Waals surface area contributed by atoms with Crippen LogP contribution in [0.4, 0.5) is 0 Å². The second kappa shape index (κ2) is 7.72. The number of fused-ring (bicyclic) bond motifs is 2. The standard InChI is InChI=1S/C23H21N3O5/c27-20-16-7-1-2-8-17(16)21(28)25(20)13-24(12-15-6-5-11-31-15)14-26-22(29)18-9-3-4-10-19(18)23(26)30/h1-4,7-10,15H,5-6,11-14H2. The number of carbonyl (C=O) groups is 4. The Morgan fingerprint density at radius 3 is 1.52 bits per heavy atom. The van der Waals surface area contributed by atoms with Crippen LogP contribution in [0.2, 0.25) is 0 Å². The summed E-state index contributed by atoms with van der Waals surface area (Å²) in [5.41, 5.74) is 1.46. The fourth-order valence-corrected chi connectivity index (χ4v) is 4.37. The zero-order chi connectivity index (χ0) is 21.5. The highest BCUT2D eigenvalue weighted by atomic mass is 16.5. The van der Waals surface area contributed by atoms with Gasteiger partial charge in [-0.1, -0.05) is 24.3 Å². The normalized spacial score (nSPS) is 20.2. The predicted octanol–water partition coefficient (Wildman–Crippen LogP) is 1.97. The third-order valence-corrected chi connectivity index (χ3v) is 5.93. The van der Waals surface area contributed by atoms with Crippen LogP contribution >= 0.6 is 0 Å². The summed E-state index contributed by atoms with van der Waals surface area (Å²) in [6.07, 6.45) is 1.70. The molecule has 0 aliphatic carbocycles. The zero-order valence-corrected chi connectivity index (χ0v) is 16.8. The molecule has 1 atom stereocenters. The molecule has 3 heterocycles. The second-order valence-electron chi connectivity index (χ2n) is 7.94. The van der Waals surface area contributed by atoms with Crippen molar-refractivity contribution in [2.75, 3.05) is 26.5 Å². The van der Waals surface area contributed by atoms with E-state index in [1.165, 1.54) is 0 Å². The van der Waals surface area contributed by atoms with E-state index in [4.69, 9.17) is 4.74 Å². The highest BCUT2D eigenvalue weighted by molar-refractivity contribution is 6.22. The van der Waals surface area contributed by atoms with Gasteiger partial charge in [0.25, 0.3) is 23.6 Å². The van der Waals surface area contributed by atoms with Crippen molar-refractivity contribution in [3.63, 3.8) is 0 Å². The summed E-state index contributed by atoms with van der Waals surface area (Å²) >= 11 is 0. The van der Waals surface area contributed by atoms with Gasteiger partial charge in [0.2, 0.25) is 0 Å². The Hall–Kier alpha value is -3.36. The van der Waals surface area contributed by atoms with Crippen LogP contribution < -0.4 is 0 Å². The van der Waals surface area contributed by atoms with Crippen LogP contribution in [0.1, 0.15) is 54.3 Å². The van der Waals surface area contributed by atoms with Crippen molar-refractivity contribution in [1.82, 2.24) is 14.7 Å². The highest BCUT2D eigenvalue weighted by Crippen LogP contribution is 2.26. The largest absolute Gasteiger partial charge is 0.377 e. The fraction of sp³-hybridized carbons (Fsp3) is 0.304. The first kappa shape index (κ1) is 19.6. The van der Waals surface area contributed by atoms with Crippen molar-refractivity contribution in [2.24, 2.45) is 0 Å². The molecule has 31 heavy (non-hydrogen) atoms. The van der Waals surface area contributed by atoms with Crippen LogP contribution in [0.15, 0.2) is 48.5 Å². The molecule has 2 aromatic rings. The molecule has 0 N–H and O–H groups in total. The number of ether oxygens (including phenoxy) is 1. The van der Waals surface area contributed by atoms with Crippen molar-refractivity contribution in [1.29, 1.82) is 0 Å². The van der Waals surface area contributed by atoms with E-state index in [1.54, 1.807) is 53.4 Å². The van der Waals surface area contributed by atoms with E-state index in [0.29, 0.717) is 35.4 Å². The quantitative estimate of drug-likeness (QED) is 0.666. The molecular formula is C23H21N3O5. The number of imide groups is 2. The van der Waals surface area contributed by atoms with Crippen molar-refractivity contribution in [2.45, 2.75) is 18.9 Å². The van der Waals surface area contributed by atoms with Gasteiger partial charge in [0, 0.05) is 13.2 Å². The lowest BCUT2D eigenvalue weighted by atomic mass is 10.1. The maximum absolute atomic E-state index is 12.8. The second-order valence-corrected chi connectivity index (χ2v) is 7.94. The molecule has 0 radical (unpaired) electrons. The van der Waals surface area contributed by atoms with Gasteiger partial charge in [-0.2, -0.15) is 0 Å². The molecule has 1 fully saturated rings. The molecule has 2 aromatic carbocycles. The van der Waals surface area contributed by atoms with E-state index < -0.39 is 0 Å². The van der Waals surface area contributed by atoms with Crippen molar-refractivity contribution in [3.8, 4) is 0 Å². The molecule has 5 rings (SSSR count). The fourth-order valence-electron chi connectivity index (χ4n) is 4.37. The molecule has 0 spiro atoms. The average molecular weight is 419 g/mol. The van der Waals surface area contributed by atoms with Crippen molar-refractivity contribution < 1.29 is 23.9 Å². The van der Waals surface area contributed by atoms with Gasteiger partial charge in [0.15, 0.2) is 0 Å². The molecule has 0 saturated carbocycles. The molecule has 158 valence electrons. The van der Waals surface area contributed by atoms with E-state index in [9.17, 15) is 19.2 Å². The van der Waals surface area contributed by atoms with Crippen LogP contribution in [-0.2, 0) is 4.74 Å². The number of benzene rings is 2. The minimum atomic E-state index is -0.375. The molecule has 3 aliphatic rings. The summed E-state index contributed by atoms with van der Waals surface area (Å²) in [6, 6.07) is 13.4. The third kappa shape index (κ3) is 3.34. The van der Waals surface area contributed by atoms with Crippen LogP contribution in [0, 0.1) is 0 Å². The molecule has 3 aliphatic heterocycles. The number of nitrogens with zero attached hydrogens (tertiary/aromatic N) is 3. The van der Waals surface area contributed by atoms with E-state index in [2.05, 4.69) is 0 Å². The lowest BCUT2D eigenvalue weighted by molar-refractivity contribution is 0.0197. The maximum Gasteiger partial charge on any atom is 0.262 e. The Bertz CT molecular complexity index is 945. The molecular weight excluding hydrogens is 398 g/mol. The van der Waals surface area contributed by atoms with Gasteiger partial charge in [0.1, 0.15) is 0 Å². The molecule has 4 amide bonds. The Morgan fingerprint density at radius 2 is 1.16 bits per heavy atom. The number of hydrogen-bond donors (Lipinski definition) is 0. The highest BCUT2D eigenvalue weighted by Gasteiger charge is 2.40. The number of hydrogen-bond acceptors (Lipinski definition) is 6. The van der Waals surface area contributed by atoms with E-state index >= 15 is 0 Å². The Balaban J connectivity index is 1.38. The number of rotatable bonds is 6. The van der Waals surface area contributed by atoms with Crippen LogP contribution in [-0.4, -0.2) is 70.9 Å². The molecule has 8 heteroatoms. The molecule has 1 saturated heterocycles. The summed E-state index contributed by atoms with van der Waals surface area (Å²) < 4.78 is 5.72. The first-order valence-electron chi connectivity index (χ1n) is 10.3. The van der Waals surface area contributed by atoms with Gasteiger partial charge in [-0.05, 0) is 37.1 Å². The molecule has 8 nitrogen and oxygen atoms in total. The zero-order valence-electron chi connectivity index (χ0n) is 16.8. The Morgan fingerprint density at radius 1 is 0.742 bits per heavy atom. The summed E-state index contributed by atoms with van der Waals surface area (Å²) in [5.74, 6) is -1.50. The topological polar surface area (TPSA) is 87.2 Å². The number of carbonyl (C=O) groups excluding carboxylic acids is 4. The van der Waals surface area contributed by atoms with Gasteiger partial charge in [-0.25, -0.2) is 0 Å². The summed E-state index contributed by atoms with van der Waals surface area (Å²) in [5, 5.41) is 0. The van der Waals surface area contributed by atoms with Gasteiger partial charge < -0.3 is 4.74 Å². The molecule has 0 bridgehead atoms. The molecule has 0 aromatic heterocycles. The average Bonchev–Trinajstić information content (AvgIpc) is 3.45. The lowest BCUT2D eigenvalue weighted by Crippen LogP contribution is -2.49. The Labute approximate surface area is 179 Å². The lowest BCUT2D eigenvalue weighted by Gasteiger charge is -2.31. The van der Waals surface area contributed by atoms with Crippen LogP contribution in [0.5, 0.6) is 0 Å². The minimum Gasteiger partial charge on any atom is -0.377 e. The predicted molar refractivity (Wildman–Crippen MR) is 109 cm³/mol. The van der Waals surface area contributed by atoms with Crippen molar-refractivity contribution in [3.05, 3.63) is 70.8 Å². The van der Waals surface area contributed by atoms with Crippen molar-refractivity contribution >= 4 is 23.6 Å². The van der Waals surface area contributed by atoms with Crippen LogP contribution in [0.3, 0.4) is 0 Å². The van der Waals surface area contributed by atoms with Gasteiger partial charge in [-0.3, -0.25) is 33.9 Å². The van der Waals surface area contributed by atoms with Crippen LogP contribution in [0.25, 0.3) is 0 Å². The Kier molecular flexibility index (Phi) is 4.88. The summed E-state index contributed by atoms with van der Waals surface area (Å²) in [7, 11) is 0. The van der Waals surface area contributed by atoms with Gasteiger partial charge in [-0.15, -0.1) is 0 Å². The number of amides is 4. The van der Waals surface area contributed by atoms with Gasteiger partial charge in [0.05, 0.1) is 41.7 Å². The third-order valence-electron chi connectivity index (χ3n) is 5.93. The molecule has 1 unspecified atom stereocenters. The van der Waals surface area contributed by atoms with E-state index in [1.807, 2.05) is 0 Å². The summed E-state index contributed by atoms with van der Waals surface area (Å²) in [4.78, 5) is 55.4.